The molecule has 0 aliphatic rings. The van der Waals surface area contributed by atoms with E-state index in [1.54, 1.807) is 0 Å². The van der Waals surface area contributed by atoms with Crippen LogP contribution in [0.1, 0.15) is 61.1 Å². The summed E-state index contributed by atoms with van der Waals surface area (Å²) in [6.45, 7) is 10.6. The Balaban J connectivity index is 1.64. The average Bonchev–Trinajstić information content (AvgIpc) is 2.81. The predicted octanol–water partition coefficient (Wildman–Crippen LogP) is 7.16. The third-order valence-electron chi connectivity index (χ3n) is 5.96. The molecule has 0 unspecified atom stereocenters. The molecule has 3 aromatic carbocycles. The van der Waals surface area contributed by atoms with Crippen molar-refractivity contribution in [3.05, 3.63) is 94.0 Å². The molecule has 0 amide bonds. The Kier molecular flexibility index (Phi) is 7.96. The number of anilines is 2. The van der Waals surface area contributed by atoms with Crippen LogP contribution in [0.25, 0.3) is 0 Å². The largest absolute Gasteiger partial charge is 0.381 e. The molecule has 2 heteroatoms. The molecule has 0 saturated heterocycles. The first-order valence-corrected chi connectivity index (χ1v) is 11.5. The minimum Gasteiger partial charge on any atom is -0.381 e. The van der Waals surface area contributed by atoms with Gasteiger partial charge in [0.2, 0.25) is 0 Å². The molecule has 0 aromatic heterocycles. The van der Waals surface area contributed by atoms with Crippen molar-refractivity contribution in [1.82, 2.24) is 0 Å². The molecule has 0 saturated carbocycles. The predicted molar refractivity (Wildman–Crippen MR) is 131 cm³/mol. The third-order valence-corrected chi connectivity index (χ3v) is 5.96. The molecule has 0 atom stereocenters. The average molecular weight is 401 g/mol. The summed E-state index contributed by atoms with van der Waals surface area (Å²) in [5.74, 6) is 0. The number of aryl methyl sites for hydroxylation is 4. The van der Waals surface area contributed by atoms with Crippen molar-refractivity contribution in [2.75, 3.05) is 10.6 Å². The SMILES string of the molecule is CCc1cccc(CC)c1NCc1ccc(CNc2c(CC)cccc2CC)cc1. The topological polar surface area (TPSA) is 24.1 Å². The fraction of sp³-hybridized carbons (Fsp3) is 0.357. The highest BCUT2D eigenvalue weighted by atomic mass is 14.9. The van der Waals surface area contributed by atoms with Crippen LogP contribution < -0.4 is 10.6 Å². The first kappa shape index (κ1) is 22.0. The highest BCUT2D eigenvalue weighted by Crippen LogP contribution is 2.25. The lowest BCUT2D eigenvalue weighted by Crippen LogP contribution is -2.07. The number of benzene rings is 3. The summed E-state index contributed by atoms with van der Waals surface area (Å²) in [5.41, 5.74) is 10.9. The van der Waals surface area contributed by atoms with Crippen LogP contribution in [0.4, 0.5) is 11.4 Å². The molecule has 0 aliphatic carbocycles. The zero-order valence-corrected chi connectivity index (χ0v) is 19.0. The zero-order valence-electron chi connectivity index (χ0n) is 19.0. The first-order chi connectivity index (χ1) is 14.7. The zero-order chi connectivity index (χ0) is 21.3. The van der Waals surface area contributed by atoms with Gasteiger partial charge in [-0.1, -0.05) is 88.4 Å². The van der Waals surface area contributed by atoms with Gasteiger partial charge in [-0.05, 0) is 59.1 Å². The number of hydrogen-bond donors (Lipinski definition) is 2. The summed E-state index contributed by atoms with van der Waals surface area (Å²) < 4.78 is 0. The van der Waals surface area contributed by atoms with Gasteiger partial charge in [-0.3, -0.25) is 0 Å². The lowest BCUT2D eigenvalue weighted by Gasteiger charge is -2.17. The Morgan fingerprint density at radius 2 is 0.767 bits per heavy atom. The maximum atomic E-state index is 3.69. The molecule has 30 heavy (non-hydrogen) atoms. The number of rotatable bonds is 10. The lowest BCUT2D eigenvalue weighted by molar-refractivity contribution is 1.04. The number of nitrogens with one attached hydrogen (secondary N) is 2. The molecule has 0 radical (unpaired) electrons. The third kappa shape index (κ3) is 5.24. The van der Waals surface area contributed by atoms with Crippen molar-refractivity contribution in [3.63, 3.8) is 0 Å². The quantitative estimate of drug-likeness (QED) is 0.377. The van der Waals surface area contributed by atoms with Crippen molar-refractivity contribution in [3.8, 4) is 0 Å². The second-order valence-electron chi connectivity index (χ2n) is 7.84. The Bertz CT molecular complexity index is 818. The van der Waals surface area contributed by atoms with Crippen molar-refractivity contribution < 1.29 is 0 Å². The Hall–Kier alpha value is -2.74. The summed E-state index contributed by atoms with van der Waals surface area (Å²) in [7, 11) is 0. The van der Waals surface area contributed by atoms with Crippen molar-refractivity contribution in [2.24, 2.45) is 0 Å². The molecule has 0 spiro atoms. The van der Waals surface area contributed by atoms with Crippen LogP contribution >= 0.6 is 0 Å². The number of para-hydroxylation sites is 2. The molecule has 0 heterocycles. The summed E-state index contributed by atoms with van der Waals surface area (Å²) in [6.07, 6.45) is 4.22. The minimum atomic E-state index is 0.858. The van der Waals surface area contributed by atoms with E-state index >= 15 is 0 Å². The highest BCUT2D eigenvalue weighted by Gasteiger charge is 2.07. The summed E-state index contributed by atoms with van der Waals surface area (Å²) in [4.78, 5) is 0. The van der Waals surface area contributed by atoms with Gasteiger partial charge in [0.25, 0.3) is 0 Å². The van der Waals surface area contributed by atoms with Crippen LogP contribution in [-0.4, -0.2) is 0 Å². The molecule has 0 fully saturated rings. The van der Waals surface area contributed by atoms with E-state index in [9.17, 15) is 0 Å². The molecule has 158 valence electrons. The molecule has 0 bridgehead atoms. The van der Waals surface area contributed by atoms with Crippen molar-refractivity contribution in [1.29, 1.82) is 0 Å². The van der Waals surface area contributed by atoms with Gasteiger partial charge in [0.05, 0.1) is 0 Å². The van der Waals surface area contributed by atoms with Gasteiger partial charge in [0.15, 0.2) is 0 Å². The van der Waals surface area contributed by atoms with E-state index in [-0.39, 0.29) is 0 Å². The summed E-state index contributed by atoms with van der Waals surface area (Å²) in [6, 6.07) is 22.3. The molecular weight excluding hydrogens is 364 g/mol. The van der Waals surface area contributed by atoms with E-state index in [2.05, 4.69) is 99.0 Å². The second-order valence-corrected chi connectivity index (χ2v) is 7.84. The van der Waals surface area contributed by atoms with E-state index in [0.29, 0.717) is 0 Å². The van der Waals surface area contributed by atoms with Crippen LogP contribution in [0.3, 0.4) is 0 Å². The monoisotopic (exact) mass is 400 g/mol. The molecule has 2 nitrogen and oxygen atoms in total. The fourth-order valence-corrected chi connectivity index (χ4v) is 4.10. The maximum absolute atomic E-state index is 3.69. The first-order valence-electron chi connectivity index (χ1n) is 11.5. The molecule has 3 aromatic rings. The Morgan fingerprint density at radius 3 is 1.03 bits per heavy atom. The van der Waals surface area contributed by atoms with E-state index < -0.39 is 0 Å². The molecule has 0 aliphatic heterocycles. The summed E-state index contributed by atoms with van der Waals surface area (Å²) >= 11 is 0. The normalized spacial score (nSPS) is 10.8. The molecular formula is C28H36N2. The van der Waals surface area contributed by atoms with Crippen LogP contribution in [-0.2, 0) is 38.8 Å². The van der Waals surface area contributed by atoms with E-state index in [1.165, 1.54) is 44.8 Å². The van der Waals surface area contributed by atoms with Crippen LogP contribution in [0, 0.1) is 0 Å². The van der Waals surface area contributed by atoms with Gasteiger partial charge in [-0.2, -0.15) is 0 Å². The van der Waals surface area contributed by atoms with Gasteiger partial charge in [-0.15, -0.1) is 0 Å². The molecule has 2 N–H and O–H groups in total. The standard InChI is InChI=1S/C28H36N2/c1-5-23-11-9-12-24(6-2)27(23)29-19-21-15-17-22(18-16-21)20-30-28-25(7-3)13-10-14-26(28)8-4/h9-18,29-30H,5-8,19-20H2,1-4H3. The molecule has 3 rings (SSSR count). The Morgan fingerprint density at radius 1 is 0.467 bits per heavy atom. The number of hydrogen-bond acceptors (Lipinski definition) is 2. The lowest BCUT2D eigenvalue weighted by atomic mass is 10.0. The summed E-state index contributed by atoms with van der Waals surface area (Å²) in [5, 5.41) is 7.38. The van der Waals surface area contributed by atoms with Gasteiger partial charge in [0, 0.05) is 24.5 Å². The smallest absolute Gasteiger partial charge is 0.0407 e. The van der Waals surface area contributed by atoms with Crippen LogP contribution in [0.5, 0.6) is 0 Å². The minimum absolute atomic E-state index is 0.858. The fourth-order valence-electron chi connectivity index (χ4n) is 4.10. The highest BCUT2D eigenvalue weighted by molar-refractivity contribution is 5.59. The second kappa shape index (κ2) is 10.9. The van der Waals surface area contributed by atoms with E-state index in [0.717, 1.165) is 38.8 Å². The van der Waals surface area contributed by atoms with Gasteiger partial charge in [0.1, 0.15) is 0 Å². The van der Waals surface area contributed by atoms with Crippen LogP contribution in [0.2, 0.25) is 0 Å². The van der Waals surface area contributed by atoms with Crippen molar-refractivity contribution in [2.45, 2.75) is 66.5 Å². The van der Waals surface area contributed by atoms with E-state index in [1.807, 2.05) is 0 Å². The van der Waals surface area contributed by atoms with Crippen molar-refractivity contribution >= 4 is 11.4 Å². The van der Waals surface area contributed by atoms with Crippen LogP contribution in [0.15, 0.2) is 60.7 Å². The van der Waals surface area contributed by atoms with Gasteiger partial charge >= 0.3 is 0 Å². The van der Waals surface area contributed by atoms with Gasteiger partial charge < -0.3 is 10.6 Å². The van der Waals surface area contributed by atoms with E-state index in [4.69, 9.17) is 0 Å². The maximum Gasteiger partial charge on any atom is 0.0407 e. The van der Waals surface area contributed by atoms with Gasteiger partial charge in [-0.25, -0.2) is 0 Å². The Labute approximate surface area is 182 Å².